The number of para-hydroxylation sites is 1. The minimum atomic E-state index is -0.115. The second-order valence-corrected chi connectivity index (χ2v) is 7.20. The summed E-state index contributed by atoms with van der Waals surface area (Å²) in [5.41, 5.74) is 2.92. The summed E-state index contributed by atoms with van der Waals surface area (Å²) in [5.74, 6) is 0.641. The molecule has 130 valence electrons. The number of thioether (sulfide) groups is 1. The van der Waals surface area contributed by atoms with Gasteiger partial charge in [-0.15, -0.1) is 11.8 Å². The zero-order valence-corrected chi connectivity index (χ0v) is 14.7. The zero-order chi connectivity index (χ0) is 17.5. The second-order valence-electron chi connectivity index (χ2n) is 5.89. The molecule has 2 amide bonds. The van der Waals surface area contributed by atoms with Crippen LogP contribution < -0.4 is 10.6 Å². The topological polar surface area (TPSA) is 71.1 Å². The Bertz CT molecular complexity index is 736. The number of aryl methyl sites for hydroxylation is 1. The average molecular weight is 355 g/mol. The molecule has 1 aliphatic rings. The number of anilines is 1. The van der Waals surface area contributed by atoms with Crippen LogP contribution in [0.3, 0.4) is 0 Å². The van der Waals surface area contributed by atoms with Gasteiger partial charge in [0.25, 0.3) is 0 Å². The van der Waals surface area contributed by atoms with Crippen molar-refractivity contribution in [1.29, 1.82) is 0 Å². The minimum absolute atomic E-state index is 0.0181. The molecular formula is C19H21N3O2S. The summed E-state index contributed by atoms with van der Waals surface area (Å²) in [7, 11) is 0. The number of nitrogens with one attached hydrogen (secondary N) is 2. The number of benzene rings is 1. The SMILES string of the molecule is O=C(CCSC1CCc2ccccc2NC1=O)NCc1ccccn1. The van der Waals surface area contributed by atoms with Gasteiger partial charge in [-0.1, -0.05) is 24.3 Å². The van der Waals surface area contributed by atoms with E-state index in [1.54, 1.807) is 18.0 Å². The van der Waals surface area contributed by atoms with Gasteiger partial charge in [0.15, 0.2) is 0 Å². The van der Waals surface area contributed by atoms with Crippen LogP contribution in [0.25, 0.3) is 0 Å². The lowest BCUT2D eigenvalue weighted by Crippen LogP contribution is -2.26. The molecule has 2 N–H and O–H groups in total. The van der Waals surface area contributed by atoms with E-state index in [-0.39, 0.29) is 17.1 Å². The summed E-state index contributed by atoms with van der Waals surface area (Å²) in [6.45, 7) is 0.434. The Morgan fingerprint density at radius 3 is 2.92 bits per heavy atom. The fourth-order valence-electron chi connectivity index (χ4n) is 2.72. The minimum Gasteiger partial charge on any atom is -0.350 e. The largest absolute Gasteiger partial charge is 0.350 e. The van der Waals surface area contributed by atoms with E-state index in [4.69, 9.17) is 0 Å². The standard InChI is InChI=1S/C19H21N3O2S/c23-18(21-13-15-6-3-4-11-20-15)10-12-25-17-9-8-14-5-1-2-7-16(14)22-19(17)24/h1-7,11,17H,8-10,12-13H2,(H,21,23)(H,22,24). The fourth-order valence-corrected chi connectivity index (χ4v) is 3.81. The Labute approximate surface area is 151 Å². The average Bonchev–Trinajstić information content (AvgIpc) is 2.80. The molecule has 0 spiro atoms. The Kier molecular flexibility index (Phi) is 6.06. The highest BCUT2D eigenvalue weighted by molar-refractivity contribution is 8.00. The monoisotopic (exact) mass is 355 g/mol. The molecule has 0 saturated heterocycles. The van der Waals surface area contributed by atoms with Gasteiger partial charge >= 0.3 is 0 Å². The van der Waals surface area contributed by atoms with Crippen LogP contribution in [-0.4, -0.2) is 27.8 Å². The van der Waals surface area contributed by atoms with Crippen LogP contribution in [0.1, 0.15) is 24.1 Å². The third-order valence-corrected chi connectivity index (χ3v) is 5.38. The maximum atomic E-state index is 12.3. The molecule has 6 heteroatoms. The van der Waals surface area contributed by atoms with Gasteiger partial charge in [0.2, 0.25) is 11.8 Å². The zero-order valence-electron chi connectivity index (χ0n) is 13.9. The normalized spacial score (nSPS) is 16.5. The molecule has 3 rings (SSSR count). The first-order valence-electron chi connectivity index (χ1n) is 8.39. The smallest absolute Gasteiger partial charge is 0.237 e. The lowest BCUT2D eigenvalue weighted by atomic mass is 10.1. The van der Waals surface area contributed by atoms with Crippen molar-refractivity contribution in [1.82, 2.24) is 10.3 Å². The summed E-state index contributed by atoms with van der Waals surface area (Å²) in [5, 5.41) is 5.73. The van der Waals surface area contributed by atoms with Gasteiger partial charge in [-0.05, 0) is 36.6 Å². The molecule has 2 heterocycles. The van der Waals surface area contributed by atoms with Gasteiger partial charge in [-0.3, -0.25) is 14.6 Å². The van der Waals surface area contributed by atoms with Gasteiger partial charge < -0.3 is 10.6 Å². The van der Waals surface area contributed by atoms with Crippen molar-refractivity contribution in [2.24, 2.45) is 0 Å². The maximum Gasteiger partial charge on any atom is 0.237 e. The predicted molar refractivity (Wildman–Crippen MR) is 100 cm³/mol. The third-order valence-electron chi connectivity index (χ3n) is 4.08. The van der Waals surface area contributed by atoms with Gasteiger partial charge in [0, 0.05) is 24.1 Å². The van der Waals surface area contributed by atoms with Crippen molar-refractivity contribution < 1.29 is 9.59 Å². The van der Waals surface area contributed by atoms with Crippen LogP contribution in [0.5, 0.6) is 0 Å². The van der Waals surface area contributed by atoms with Crippen LogP contribution in [0.15, 0.2) is 48.7 Å². The van der Waals surface area contributed by atoms with Gasteiger partial charge in [0.1, 0.15) is 0 Å². The van der Waals surface area contributed by atoms with Crippen molar-refractivity contribution in [2.75, 3.05) is 11.1 Å². The number of amides is 2. The molecule has 25 heavy (non-hydrogen) atoms. The highest BCUT2D eigenvalue weighted by atomic mass is 32.2. The Morgan fingerprint density at radius 1 is 1.24 bits per heavy atom. The van der Waals surface area contributed by atoms with E-state index in [1.807, 2.05) is 42.5 Å². The highest BCUT2D eigenvalue weighted by Gasteiger charge is 2.23. The summed E-state index contributed by atoms with van der Waals surface area (Å²) in [4.78, 5) is 28.4. The third kappa shape index (κ3) is 5.06. The summed E-state index contributed by atoms with van der Waals surface area (Å²) in [6, 6.07) is 13.5. The van der Waals surface area contributed by atoms with Crippen LogP contribution in [0.2, 0.25) is 0 Å². The number of carbonyl (C=O) groups is 2. The fraction of sp³-hybridized carbons (Fsp3) is 0.316. The number of hydrogen-bond acceptors (Lipinski definition) is 4. The quantitative estimate of drug-likeness (QED) is 0.836. The number of carbonyl (C=O) groups excluding carboxylic acids is 2. The molecule has 0 bridgehead atoms. The first kappa shape index (κ1) is 17.5. The van der Waals surface area contributed by atoms with Crippen LogP contribution >= 0.6 is 11.8 Å². The van der Waals surface area contributed by atoms with Gasteiger partial charge in [-0.25, -0.2) is 0 Å². The van der Waals surface area contributed by atoms with E-state index < -0.39 is 0 Å². The summed E-state index contributed by atoms with van der Waals surface area (Å²) >= 11 is 1.55. The van der Waals surface area contributed by atoms with Crippen molar-refractivity contribution in [3.63, 3.8) is 0 Å². The molecule has 1 atom stereocenters. The summed E-state index contributed by atoms with van der Waals surface area (Å²) < 4.78 is 0. The van der Waals surface area contributed by atoms with Crippen molar-refractivity contribution in [3.05, 3.63) is 59.9 Å². The van der Waals surface area contributed by atoms with E-state index >= 15 is 0 Å². The first-order valence-corrected chi connectivity index (χ1v) is 9.44. The van der Waals surface area contributed by atoms with Crippen LogP contribution in [-0.2, 0) is 22.6 Å². The molecule has 5 nitrogen and oxygen atoms in total. The number of fused-ring (bicyclic) bond motifs is 1. The molecular weight excluding hydrogens is 334 g/mol. The van der Waals surface area contributed by atoms with Gasteiger partial charge in [-0.2, -0.15) is 0 Å². The number of pyridine rings is 1. The van der Waals surface area contributed by atoms with E-state index in [1.165, 1.54) is 5.56 Å². The highest BCUT2D eigenvalue weighted by Crippen LogP contribution is 2.27. The van der Waals surface area contributed by atoms with Gasteiger partial charge in [0.05, 0.1) is 17.5 Å². The molecule has 0 fully saturated rings. The molecule has 2 aromatic rings. The van der Waals surface area contributed by atoms with E-state index in [0.717, 1.165) is 24.2 Å². The number of aromatic nitrogens is 1. The number of hydrogen-bond donors (Lipinski definition) is 2. The van der Waals surface area contributed by atoms with Crippen LogP contribution in [0, 0.1) is 0 Å². The predicted octanol–water partition coefficient (Wildman–Crippen LogP) is 2.77. The molecule has 0 aliphatic carbocycles. The van der Waals surface area contributed by atoms with E-state index in [2.05, 4.69) is 15.6 Å². The first-order chi connectivity index (χ1) is 12.2. The molecule has 0 radical (unpaired) electrons. The van der Waals surface area contributed by atoms with Crippen molar-refractivity contribution >= 4 is 29.3 Å². The number of rotatable bonds is 6. The van der Waals surface area contributed by atoms with E-state index in [9.17, 15) is 9.59 Å². The maximum absolute atomic E-state index is 12.3. The second kappa shape index (κ2) is 8.67. The Morgan fingerprint density at radius 2 is 2.08 bits per heavy atom. The van der Waals surface area contributed by atoms with Crippen molar-refractivity contribution in [2.45, 2.75) is 31.1 Å². The lowest BCUT2D eigenvalue weighted by Gasteiger charge is -2.12. The number of nitrogens with zero attached hydrogens (tertiary/aromatic N) is 1. The Hall–Kier alpha value is -2.34. The van der Waals surface area contributed by atoms with Crippen molar-refractivity contribution in [3.8, 4) is 0 Å². The molecule has 1 aliphatic heterocycles. The lowest BCUT2D eigenvalue weighted by molar-refractivity contribution is -0.121. The molecule has 0 saturated carbocycles. The molecule has 1 aromatic heterocycles. The Balaban J connectivity index is 1.41. The summed E-state index contributed by atoms with van der Waals surface area (Å²) in [6.07, 6.45) is 3.77. The molecule has 1 aromatic carbocycles. The molecule has 1 unspecified atom stereocenters. The van der Waals surface area contributed by atoms with E-state index in [0.29, 0.717) is 18.7 Å². The van der Waals surface area contributed by atoms with Crippen LogP contribution in [0.4, 0.5) is 5.69 Å².